The van der Waals surface area contributed by atoms with Gasteiger partial charge in [0.2, 0.25) is 0 Å². The first kappa shape index (κ1) is 19.9. The molecule has 0 aliphatic heterocycles. The number of nitroso groups, excluding NO2 is 1. The molecule has 0 aliphatic carbocycles. The fourth-order valence-corrected chi connectivity index (χ4v) is 2.70. The van der Waals surface area contributed by atoms with Gasteiger partial charge in [-0.15, -0.1) is 4.91 Å². The van der Waals surface area contributed by atoms with Crippen LogP contribution in [0.4, 0.5) is 5.69 Å². The minimum Gasteiger partial charge on any atom is -0.478 e. The number of hydrogen-bond donors (Lipinski definition) is 1. The lowest BCUT2D eigenvalue weighted by Crippen LogP contribution is -2.24. The minimum atomic E-state index is -1.32. The molecule has 0 bridgehead atoms. The van der Waals surface area contributed by atoms with Crippen molar-refractivity contribution in [2.75, 3.05) is 0 Å². The molecule has 2 aromatic rings. The van der Waals surface area contributed by atoms with E-state index in [1.54, 1.807) is 12.1 Å². The number of rotatable bonds is 6. The monoisotopic (exact) mass is 370 g/mol. The third-order valence-electron chi connectivity index (χ3n) is 4.11. The number of aryl methyl sites for hydroxylation is 2. The van der Waals surface area contributed by atoms with Crippen molar-refractivity contribution in [3.8, 4) is 11.1 Å². The lowest BCUT2D eigenvalue weighted by molar-refractivity contribution is -0.124. The Hall–Kier alpha value is -3.42. The molecule has 0 spiro atoms. The summed E-state index contributed by atoms with van der Waals surface area (Å²) < 4.78 is 5.16. The van der Waals surface area contributed by atoms with E-state index in [0.29, 0.717) is 0 Å². The maximum absolute atomic E-state index is 12.7. The average Bonchev–Trinajstić information content (AvgIpc) is 2.60. The van der Waals surface area contributed by atoms with Crippen LogP contribution in [0.25, 0.3) is 11.1 Å². The van der Waals surface area contributed by atoms with Crippen molar-refractivity contribution in [3.63, 3.8) is 0 Å². The molecule has 1 heterocycles. The van der Waals surface area contributed by atoms with E-state index in [1.807, 2.05) is 0 Å². The van der Waals surface area contributed by atoms with Gasteiger partial charge >= 0.3 is 11.9 Å². The van der Waals surface area contributed by atoms with Crippen LogP contribution in [0.15, 0.2) is 29.4 Å². The maximum atomic E-state index is 12.7. The van der Waals surface area contributed by atoms with Gasteiger partial charge in [-0.05, 0) is 38.9 Å². The molecule has 0 radical (unpaired) electrons. The Bertz CT molecular complexity index is 951. The Kier molecular flexibility index (Phi) is 5.79. The molecule has 0 fully saturated rings. The van der Waals surface area contributed by atoms with Gasteiger partial charge in [-0.25, -0.2) is 9.59 Å². The number of carboxylic acids is 1. The van der Waals surface area contributed by atoms with Gasteiger partial charge in [0.15, 0.2) is 11.9 Å². The van der Waals surface area contributed by atoms with Crippen LogP contribution in [-0.2, 0) is 9.53 Å². The van der Waals surface area contributed by atoms with Crippen LogP contribution in [0.1, 0.15) is 46.0 Å². The van der Waals surface area contributed by atoms with Crippen LogP contribution < -0.4 is 0 Å². The van der Waals surface area contributed by atoms with Crippen LogP contribution in [0.5, 0.6) is 0 Å². The summed E-state index contributed by atoms with van der Waals surface area (Å²) in [6, 6.07) is 6.06. The van der Waals surface area contributed by atoms with Crippen molar-refractivity contribution in [1.82, 2.24) is 4.98 Å². The summed E-state index contributed by atoms with van der Waals surface area (Å²) in [4.78, 5) is 51.4. The van der Waals surface area contributed by atoms with Gasteiger partial charge in [0.1, 0.15) is 5.69 Å². The second-order valence-electron chi connectivity index (χ2n) is 5.98. The zero-order valence-electron chi connectivity index (χ0n) is 15.3. The number of ketones is 1. The quantitative estimate of drug-likeness (QED) is 0.608. The summed E-state index contributed by atoms with van der Waals surface area (Å²) in [5.41, 5.74) is 0.158. The standard InChI is InChI=1S/C19H18N2O6/c1-9-15(18(23)24)17(13-7-5-6-8-14(13)21-26)16(10(2)20-9)19(25)27-12(4)11(3)22/h5-8,12H,1-4H3,(H,23,24). The maximum Gasteiger partial charge on any atom is 0.341 e. The van der Waals surface area contributed by atoms with Gasteiger partial charge in [-0.3, -0.25) is 9.78 Å². The molecule has 2 rings (SSSR count). The molecule has 8 heteroatoms. The van der Waals surface area contributed by atoms with Gasteiger partial charge in [0, 0.05) is 11.1 Å². The third kappa shape index (κ3) is 3.89. The van der Waals surface area contributed by atoms with Crippen molar-refractivity contribution in [1.29, 1.82) is 0 Å². The molecule has 1 aromatic heterocycles. The Morgan fingerprint density at radius 3 is 2.26 bits per heavy atom. The first-order valence-electron chi connectivity index (χ1n) is 8.07. The van der Waals surface area contributed by atoms with E-state index < -0.39 is 18.0 Å². The Balaban J connectivity index is 2.86. The summed E-state index contributed by atoms with van der Waals surface area (Å²) in [6.07, 6.45) is -1.02. The van der Waals surface area contributed by atoms with Crippen molar-refractivity contribution in [2.45, 2.75) is 33.8 Å². The second-order valence-corrected chi connectivity index (χ2v) is 5.98. The Labute approximate surface area is 155 Å². The number of ether oxygens (including phenoxy) is 1. The van der Waals surface area contributed by atoms with Crippen LogP contribution in [-0.4, -0.2) is 33.9 Å². The van der Waals surface area contributed by atoms with Crippen LogP contribution in [0.2, 0.25) is 0 Å². The predicted molar refractivity (Wildman–Crippen MR) is 97.1 cm³/mol. The first-order valence-corrected chi connectivity index (χ1v) is 8.07. The summed E-state index contributed by atoms with van der Waals surface area (Å²) in [6.45, 7) is 5.70. The largest absolute Gasteiger partial charge is 0.478 e. The average molecular weight is 370 g/mol. The normalized spacial score (nSPS) is 11.6. The second kappa shape index (κ2) is 7.86. The summed E-state index contributed by atoms with van der Waals surface area (Å²) >= 11 is 0. The molecule has 8 nitrogen and oxygen atoms in total. The number of Topliss-reactive ketones (excluding diaryl/α,β-unsaturated/α-hetero) is 1. The highest BCUT2D eigenvalue weighted by Gasteiger charge is 2.29. The molecule has 1 aromatic carbocycles. The molecule has 0 aliphatic rings. The zero-order valence-corrected chi connectivity index (χ0v) is 15.3. The van der Waals surface area contributed by atoms with Crippen LogP contribution in [0, 0.1) is 18.8 Å². The SMILES string of the molecule is CC(=O)C(C)OC(=O)c1c(C)nc(C)c(C(=O)O)c1-c1ccccc1N=O. The van der Waals surface area contributed by atoms with Crippen molar-refractivity contribution in [2.24, 2.45) is 5.18 Å². The first-order chi connectivity index (χ1) is 12.7. The highest BCUT2D eigenvalue weighted by atomic mass is 16.5. The number of aromatic carboxylic acids is 1. The fraction of sp³-hybridized carbons (Fsp3) is 0.263. The highest BCUT2D eigenvalue weighted by molar-refractivity contribution is 6.08. The van der Waals surface area contributed by atoms with Gasteiger partial charge in [-0.2, -0.15) is 0 Å². The Morgan fingerprint density at radius 2 is 1.70 bits per heavy atom. The van der Waals surface area contributed by atoms with Crippen molar-refractivity contribution >= 4 is 23.4 Å². The summed E-state index contributed by atoms with van der Waals surface area (Å²) in [5.74, 6) is -2.58. The topological polar surface area (TPSA) is 123 Å². The lowest BCUT2D eigenvalue weighted by atomic mass is 9.91. The molecular weight excluding hydrogens is 352 g/mol. The van der Waals surface area contributed by atoms with Gasteiger partial charge in [0.25, 0.3) is 0 Å². The number of hydrogen-bond acceptors (Lipinski definition) is 7. The molecule has 27 heavy (non-hydrogen) atoms. The van der Waals surface area contributed by atoms with Gasteiger partial charge in [-0.1, -0.05) is 18.2 Å². The highest BCUT2D eigenvalue weighted by Crippen LogP contribution is 2.37. The van der Waals surface area contributed by atoms with E-state index >= 15 is 0 Å². The zero-order chi connectivity index (χ0) is 20.3. The number of nitrogens with zero attached hydrogens (tertiary/aromatic N) is 2. The number of carbonyl (C=O) groups excluding carboxylic acids is 2. The molecule has 0 amide bonds. The number of benzene rings is 1. The summed E-state index contributed by atoms with van der Waals surface area (Å²) in [7, 11) is 0. The minimum absolute atomic E-state index is 0.0107. The van der Waals surface area contributed by atoms with Crippen molar-refractivity contribution < 1.29 is 24.2 Å². The molecule has 140 valence electrons. The molecule has 1 atom stereocenters. The Morgan fingerprint density at radius 1 is 1.11 bits per heavy atom. The van der Waals surface area contributed by atoms with E-state index in [0.717, 1.165) is 0 Å². The molecular formula is C19H18N2O6. The molecule has 1 unspecified atom stereocenters. The number of aromatic nitrogens is 1. The van der Waals surface area contributed by atoms with E-state index in [9.17, 15) is 24.4 Å². The van der Waals surface area contributed by atoms with Crippen molar-refractivity contribution in [3.05, 3.63) is 51.7 Å². The van der Waals surface area contributed by atoms with E-state index in [-0.39, 0.29) is 45.1 Å². The van der Waals surface area contributed by atoms with Crippen LogP contribution >= 0.6 is 0 Å². The van der Waals surface area contributed by atoms with Crippen LogP contribution in [0.3, 0.4) is 0 Å². The number of carboxylic acid groups (broad SMARTS) is 1. The van der Waals surface area contributed by atoms with E-state index in [1.165, 1.54) is 39.8 Å². The fourth-order valence-electron chi connectivity index (χ4n) is 2.70. The lowest BCUT2D eigenvalue weighted by Gasteiger charge is -2.18. The molecule has 0 saturated carbocycles. The van der Waals surface area contributed by atoms with E-state index in [4.69, 9.17) is 4.74 Å². The van der Waals surface area contributed by atoms with Gasteiger partial charge < -0.3 is 9.84 Å². The summed E-state index contributed by atoms with van der Waals surface area (Å²) in [5, 5.41) is 12.6. The molecule has 0 saturated heterocycles. The predicted octanol–water partition coefficient (Wildman–Crippen LogP) is 3.60. The number of carbonyl (C=O) groups is 3. The molecule has 1 N–H and O–H groups in total. The van der Waals surface area contributed by atoms with E-state index in [2.05, 4.69) is 10.2 Å². The third-order valence-corrected chi connectivity index (χ3v) is 4.11. The number of esters is 1. The smallest absolute Gasteiger partial charge is 0.341 e. The van der Waals surface area contributed by atoms with Gasteiger partial charge in [0.05, 0.1) is 22.5 Å². The number of pyridine rings is 1.